The minimum atomic E-state index is -3.44. The topological polar surface area (TPSA) is 55.4 Å². The van der Waals surface area contributed by atoms with Crippen molar-refractivity contribution in [1.82, 2.24) is 4.72 Å². The van der Waals surface area contributed by atoms with Crippen molar-refractivity contribution in [3.8, 4) is 0 Å². The average molecular weight is 313 g/mol. The lowest BCUT2D eigenvalue weighted by molar-refractivity contribution is 0.126. The van der Waals surface area contributed by atoms with E-state index in [9.17, 15) is 12.8 Å². The molecule has 1 saturated carbocycles. The summed E-state index contributed by atoms with van der Waals surface area (Å²) in [4.78, 5) is 0. The van der Waals surface area contributed by atoms with Gasteiger partial charge in [0.15, 0.2) is 0 Å². The van der Waals surface area contributed by atoms with Crippen LogP contribution in [-0.4, -0.2) is 26.4 Å². The van der Waals surface area contributed by atoms with E-state index in [1.165, 1.54) is 12.1 Å². The van der Waals surface area contributed by atoms with Crippen LogP contribution in [0.25, 0.3) is 0 Å². The summed E-state index contributed by atoms with van der Waals surface area (Å²) in [5.41, 5.74) is 0.828. The number of rotatable bonds is 5. The summed E-state index contributed by atoms with van der Waals surface area (Å²) in [5.74, 6) is -0.00293. The van der Waals surface area contributed by atoms with Gasteiger partial charge in [-0.15, -0.1) is 0 Å². The monoisotopic (exact) mass is 313 g/mol. The molecular formula is C15H20FNO3S. The molecule has 1 N–H and O–H groups in total. The first-order valence-electron chi connectivity index (χ1n) is 7.35. The Labute approximate surface area is 124 Å². The van der Waals surface area contributed by atoms with Crippen LogP contribution in [0.2, 0.25) is 0 Å². The zero-order chi connectivity index (χ0) is 15.0. The van der Waals surface area contributed by atoms with Gasteiger partial charge in [0.1, 0.15) is 11.1 Å². The van der Waals surface area contributed by atoms with E-state index in [0.29, 0.717) is 18.9 Å². The third-order valence-corrected chi connectivity index (χ3v) is 6.32. The van der Waals surface area contributed by atoms with E-state index < -0.39 is 15.3 Å². The van der Waals surface area contributed by atoms with E-state index in [-0.39, 0.29) is 18.0 Å². The Balaban J connectivity index is 1.80. The number of ether oxygens (including phenoxy) is 1. The van der Waals surface area contributed by atoms with E-state index in [1.807, 2.05) is 0 Å². The largest absolute Gasteiger partial charge is 0.377 e. The third-order valence-electron chi connectivity index (χ3n) is 4.32. The van der Waals surface area contributed by atoms with Gasteiger partial charge in [0.25, 0.3) is 0 Å². The first-order chi connectivity index (χ1) is 9.97. The fraction of sp³-hybridized carbons (Fsp3) is 0.600. The van der Waals surface area contributed by atoms with Gasteiger partial charge in [-0.1, -0.05) is 12.1 Å². The van der Waals surface area contributed by atoms with Gasteiger partial charge in [0.05, 0.1) is 6.10 Å². The summed E-state index contributed by atoms with van der Waals surface area (Å²) in [5, 5.41) is -0.501. The molecule has 0 aromatic heterocycles. The molecule has 0 unspecified atom stereocenters. The van der Waals surface area contributed by atoms with E-state index in [2.05, 4.69) is 4.72 Å². The van der Waals surface area contributed by atoms with Crippen LogP contribution in [0.5, 0.6) is 0 Å². The van der Waals surface area contributed by atoms with Crippen molar-refractivity contribution in [3.63, 3.8) is 0 Å². The van der Waals surface area contributed by atoms with E-state index in [0.717, 1.165) is 18.4 Å². The molecule has 2 fully saturated rings. The van der Waals surface area contributed by atoms with Gasteiger partial charge in [-0.3, -0.25) is 0 Å². The third kappa shape index (κ3) is 3.27. The van der Waals surface area contributed by atoms with Crippen LogP contribution in [0.1, 0.15) is 37.8 Å². The van der Waals surface area contributed by atoms with Gasteiger partial charge in [0, 0.05) is 12.6 Å². The lowest BCUT2D eigenvalue weighted by atomic mass is 10.0. The second-order valence-corrected chi connectivity index (χ2v) is 7.86. The Hall–Kier alpha value is -0.980. The molecule has 1 aliphatic heterocycles. The minimum Gasteiger partial charge on any atom is -0.377 e. The molecule has 1 saturated heterocycles. The van der Waals surface area contributed by atoms with E-state index >= 15 is 0 Å². The van der Waals surface area contributed by atoms with Gasteiger partial charge in [0.2, 0.25) is 10.0 Å². The Morgan fingerprint density at radius 2 is 1.90 bits per heavy atom. The van der Waals surface area contributed by atoms with Crippen LogP contribution >= 0.6 is 0 Å². The molecule has 0 amide bonds. The number of hydrogen-bond acceptors (Lipinski definition) is 3. The highest BCUT2D eigenvalue weighted by Crippen LogP contribution is 2.42. The maximum absolute atomic E-state index is 13.0. The number of sulfonamides is 1. The van der Waals surface area contributed by atoms with Crippen molar-refractivity contribution < 1.29 is 17.5 Å². The molecule has 3 rings (SSSR count). The van der Waals surface area contributed by atoms with Crippen molar-refractivity contribution in [3.05, 3.63) is 35.6 Å². The molecule has 21 heavy (non-hydrogen) atoms. The summed E-state index contributed by atoms with van der Waals surface area (Å²) >= 11 is 0. The highest BCUT2D eigenvalue weighted by Gasteiger charge is 2.41. The molecule has 1 aliphatic carbocycles. The van der Waals surface area contributed by atoms with Crippen molar-refractivity contribution in [2.75, 3.05) is 6.61 Å². The van der Waals surface area contributed by atoms with Crippen molar-refractivity contribution >= 4 is 10.0 Å². The summed E-state index contributed by atoms with van der Waals surface area (Å²) in [6, 6.07) is 5.81. The van der Waals surface area contributed by atoms with Gasteiger partial charge < -0.3 is 4.74 Å². The van der Waals surface area contributed by atoms with Crippen LogP contribution in [0.15, 0.2) is 24.3 Å². The van der Waals surface area contributed by atoms with Gasteiger partial charge >= 0.3 is 0 Å². The highest BCUT2D eigenvalue weighted by molar-refractivity contribution is 7.90. The predicted octanol–water partition coefficient (Wildman–Crippen LogP) is 2.37. The zero-order valence-corrected chi connectivity index (χ0v) is 12.8. The summed E-state index contributed by atoms with van der Waals surface area (Å²) in [6.45, 7) is 2.28. The average Bonchev–Trinajstić information content (AvgIpc) is 3.18. The Kier molecular flexibility index (Phi) is 4.03. The quantitative estimate of drug-likeness (QED) is 0.908. The molecule has 1 heterocycles. The second kappa shape index (κ2) is 5.66. The van der Waals surface area contributed by atoms with E-state index in [1.54, 1.807) is 19.1 Å². The lowest BCUT2D eigenvalue weighted by Gasteiger charge is -2.23. The standard InChI is InChI=1S/C15H20FNO3S/c1-10-14(8-9-20-10)21(18,19)17-15(11-2-3-11)12-4-6-13(16)7-5-12/h4-7,10-11,14-15,17H,2-3,8-9H2,1H3/t10-,14+,15+/m0/s1. The molecule has 1 aromatic rings. The summed E-state index contributed by atoms with van der Waals surface area (Å²) in [7, 11) is -3.44. The summed E-state index contributed by atoms with van der Waals surface area (Å²) < 4.78 is 46.4. The van der Waals surface area contributed by atoms with Crippen molar-refractivity contribution in [2.45, 2.75) is 43.6 Å². The van der Waals surface area contributed by atoms with Crippen LogP contribution in [0.4, 0.5) is 4.39 Å². The Bertz CT molecular complexity index is 598. The molecule has 0 radical (unpaired) electrons. The van der Waals surface area contributed by atoms with E-state index in [4.69, 9.17) is 4.74 Å². The fourth-order valence-corrected chi connectivity index (χ4v) is 4.77. The smallest absolute Gasteiger partial charge is 0.217 e. The molecule has 1 aromatic carbocycles. The van der Waals surface area contributed by atoms with Crippen LogP contribution in [0.3, 0.4) is 0 Å². The predicted molar refractivity (Wildman–Crippen MR) is 77.7 cm³/mol. The van der Waals surface area contributed by atoms with Crippen molar-refractivity contribution in [2.24, 2.45) is 5.92 Å². The molecule has 4 nitrogen and oxygen atoms in total. The molecular weight excluding hydrogens is 293 g/mol. The SMILES string of the molecule is C[C@@H]1OCC[C@H]1S(=O)(=O)N[C@@H](c1ccc(F)cc1)C1CC1. The molecule has 0 bridgehead atoms. The normalized spacial score (nSPS) is 27.7. The molecule has 0 spiro atoms. The Morgan fingerprint density at radius 1 is 1.24 bits per heavy atom. The first-order valence-corrected chi connectivity index (χ1v) is 8.90. The van der Waals surface area contributed by atoms with Crippen molar-refractivity contribution in [1.29, 1.82) is 0 Å². The summed E-state index contributed by atoms with van der Waals surface area (Å²) in [6.07, 6.45) is 2.25. The Morgan fingerprint density at radius 3 is 2.43 bits per heavy atom. The van der Waals surface area contributed by atoms with Crippen LogP contribution < -0.4 is 4.72 Å². The molecule has 3 atom stereocenters. The van der Waals surface area contributed by atoms with Crippen LogP contribution in [-0.2, 0) is 14.8 Å². The molecule has 6 heteroatoms. The maximum Gasteiger partial charge on any atom is 0.217 e. The van der Waals surface area contributed by atoms with Gasteiger partial charge in [-0.2, -0.15) is 0 Å². The lowest BCUT2D eigenvalue weighted by Crippen LogP contribution is -2.40. The van der Waals surface area contributed by atoms with Gasteiger partial charge in [-0.05, 0) is 49.8 Å². The molecule has 2 aliphatic rings. The molecule has 116 valence electrons. The van der Waals surface area contributed by atoms with Crippen LogP contribution in [0, 0.1) is 11.7 Å². The minimum absolute atomic E-state index is 0.261. The highest BCUT2D eigenvalue weighted by atomic mass is 32.2. The number of halogens is 1. The first kappa shape index (κ1) is 14.9. The number of benzene rings is 1. The zero-order valence-electron chi connectivity index (χ0n) is 12.0. The fourth-order valence-electron chi connectivity index (χ4n) is 2.92. The van der Waals surface area contributed by atoms with Gasteiger partial charge in [-0.25, -0.2) is 17.5 Å². The second-order valence-electron chi connectivity index (χ2n) is 5.93. The number of nitrogens with one attached hydrogen (secondary N) is 1. The number of hydrogen-bond donors (Lipinski definition) is 1. The maximum atomic E-state index is 13.0.